The molecule has 166 valence electrons. The molecule has 0 saturated carbocycles. The number of benzene rings is 2. The standard InChI is InChI=1S/C22H18F4N4O2/c1-28-11-16-15-8-12(21(32)29-7-6-14(31)10-29)2-5-19(15)30(20(16)27-28)13-3-4-17(18(23)9-13)22(24,25)26/h2-5,8-9,11,14,31H,6-7,10H2,1H3/t14-/m0/s1. The lowest BCUT2D eigenvalue weighted by Gasteiger charge is -2.16. The van der Waals surface area contributed by atoms with E-state index >= 15 is 0 Å². The summed E-state index contributed by atoms with van der Waals surface area (Å²) >= 11 is 0. The van der Waals surface area contributed by atoms with Crippen LogP contribution >= 0.6 is 0 Å². The lowest BCUT2D eigenvalue weighted by Crippen LogP contribution is -2.29. The fourth-order valence-corrected chi connectivity index (χ4v) is 4.27. The van der Waals surface area contributed by atoms with Crippen molar-refractivity contribution in [3.8, 4) is 5.69 Å². The van der Waals surface area contributed by atoms with E-state index in [1.807, 2.05) is 0 Å². The number of aliphatic hydroxyl groups excluding tert-OH is 1. The predicted octanol–water partition coefficient (Wildman–Crippen LogP) is 3.88. The van der Waals surface area contributed by atoms with Crippen LogP contribution in [0.4, 0.5) is 17.6 Å². The van der Waals surface area contributed by atoms with Gasteiger partial charge in [0.05, 0.1) is 22.9 Å². The number of alkyl halides is 3. The molecule has 2 aromatic carbocycles. The second kappa shape index (κ2) is 7.06. The van der Waals surface area contributed by atoms with Gasteiger partial charge in [-0.05, 0) is 42.8 Å². The zero-order valence-electron chi connectivity index (χ0n) is 16.9. The average Bonchev–Trinajstić information content (AvgIpc) is 3.39. The van der Waals surface area contributed by atoms with Gasteiger partial charge in [0.15, 0.2) is 5.65 Å². The van der Waals surface area contributed by atoms with E-state index in [2.05, 4.69) is 5.10 Å². The van der Waals surface area contributed by atoms with Crippen LogP contribution < -0.4 is 0 Å². The van der Waals surface area contributed by atoms with Gasteiger partial charge in [-0.15, -0.1) is 0 Å². The maximum atomic E-state index is 14.3. The number of hydrogen-bond acceptors (Lipinski definition) is 3. The highest BCUT2D eigenvalue weighted by molar-refractivity contribution is 6.10. The molecule has 4 aromatic rings. The van der Waals surface area contributed by atoms with Crippen molar-refractivity contribution in [2.75, 3.05) is 13.1 Å². The summed E-state index contributed by atoms with van der Waals surface area (Å²) in [5.74, 6) is -1.59. The molecule has 1 amide bonds. The molecule has 10 heteroatoms. The summed E-state index contributed by atoms with van der Waals surface area (Å²) in [7, 11) is 1.70. The Morgan fingerprint density at radius 2 is 1.94 bits per heavy atom. The smallest absolute Gasteiger partial charge is 0.391 e. The summed E-state index contributed by atoms with van der Waals surface area (Å²) in [6.07, 6.45) is -3.07. The first-order chi connectivity index (χ1) is 15.1. The number of amides is 1. The molecule has 2 aromatic heterocycles. The molecule has 0 aliphatic carbocycles. The van der Waals surface area contributed by atoms with Crippen molar-refractivity contribution in [2.24, 2.45) is 7.05 Å². The first-order valence-electron chi connectivity index (χ1n) is 9.96. The van der Waals surface area contributed by atoms with Crippen LogP contribution in [0, 0.1) is 5.82 Å². The Morgan fingerprint density at radius 1 is 1.16 bits per heavy atom. The number of aryl methyl sites for hydroxylation is 1. The van der Waals surface area contributed by atoms with Gasteiger partial charge in [-0.25, -0.2) is 4.39 Å². The molecule has 6 nitrogen and oxygen atoms in total. The van der Waals surface area contributed by atoms with Gasteiger partial charge in [-0.3, -0.25) is 14.0 Å². The summed E-state index contributed by atoms with van der Waals surface area (Å²) in [4.78, 5) is 14.4. The Labute approximate surface area is 179 Å². The molecule has 1 N–H and O–H groups in total. The minimum absolute atomic E-state index is 0.191. The number of aliphatic hydroxyl groups is 1. The van der Waals surface area contributed by atoms with E-state index in [9.17, 15) is 27.5 Å². The number of rotatable bonds is 2. The molecule has 0 bridgehead atoms. The third kappa shape index (κ3) is 3.22. The second-order valence-corrected chi connectivity index (χ2v) is 7.96. The van der Waals surface area contributed by atoms with E-state index in [4.69, 9.17) is 0 Å². The number of carbonyl (C=O) groups excluding carboxylic acids is 1. The van der Waals surface area contributed by atoms with E-state index in [0.29, 0.717) is 46.5 Å². The Hall–Kier alpha value is -3.40. The third-order valence-electron chi connectivity index (χ3n) is 5.76. The van der Waals surface area contributed by atoms with Crippen LogP contribution in [0.1, 0.15) is 22.3 Å². The highest BCUT2D eigenvalue weighted by Gasteiger charge is 2.34. The van der Waals surface area contributed by atoms with Crippen molar-refractivity contribution < 1.29 is 27.5 Å². The Kier molecular flexibility index (Phi) is 4.52. The minimum Gasteiger partial charge on any atom is -0.391 e. The summed E-state index contributed by atoms with van der Waals surface area (Å²) < 4.78 is 56.4. The highest BCUT2D eigenvalue weighted by atomic mass is 19.4. The van der Waals surface area contributed by atoms with Crippen molar-refractivity contribution in [1.82, 2.24) is 19.2 Å². The van der Waals surface area contributed by atoms with Crippen LogP contribution in [0.15, 0.2) is 42.6 Å². The number of hydrogen-bond donors (Lipinski definition) is 1. The predicted molar refractivity (Wildman–Crippen MR) is 109 cm³/mol. The summed E-state index contributed by atoms with van der Waals surface area (Å²) in [5.41, 5.74) is 0.294. The van der Waals surface area contributed by atoms with Gasteiger partial charge >= 0.3 is 6.18 Å². The van der Waals surface area contributed by atoms with E-state index in [0.717, 1.165) is 6.07 Å². The number of carbonyl (C=O) groups is 1. The van der Waals surface area contributed by atoms with Crippen molar-refractivity contribution in [3.63, 3.8) is 0 Å². The van der Waals surface area contributed by atoms with Crippen LogP contribution in [-0.2, 0) is 13.2 Å². The topological polar surface area (TPSA) is 63.3 Å². The number of halogens is 4. The van der Waals surface area contributed by atoms with E-state index < -0.39 is 23.7 Å². The first-order valence-corrected chi connectivity index (χ1v) is 9.96. The molecule has 0 radical (unpaired) electrons. The monoisotopic (exact) mass is 446 g/mol. The molecule has 1 saturated heterocycles. The minimum atomic E-state index is -4.79. The van der Waals surface area contributed by atoms with Gasteiger partial charge in [0.25, 0.3) is 5.91 Å². The fourth-order valence-electron chi connectivity index (χ4n) is 4.27. The summed E-state index contributed by atoms with van der Waals surface area (Å²) in [5, 5.41) is 15.5. The van der Waals surface area contributed by atoms with E-state index in [1.165, 1.54) is 6.07 Å². The second-order valence-electron chi connectivity index (χ2n) is 7.96. The first kappa shape index (κ1) is 20.5. The van der Waals surface area contributed by atoms with Crippen molar-refractivity contribution in [2.45, 2.75) is 18.7 Å². The quantitative estimate of drug-likeness (QED) is 0.476. The van der Waals surface area contributed by atoms with Crippen molar-refractivity contribution in [1.29, 1.82) is 0 Å². The maximum absolute atomic E-state index is 14.3. The maximum Gasteiger partial charge on any atom is 0.419 e. The van der Waals surface area contributed by atoms with Gasteiger partial charge in [0, 0.05) is 42.7 Å². The van der Waals surface area contributed by atoms with Crippen LogP contribution in [0.5, 0.6) is 0 Å². The molecule has 32 heavy (non-hydrogen) atoms. The number of aromatic nitrogens is 3. The molecule has 5 rings (SSSR count). The van der Waals surface area contributed by atoms with Gasteiger partial charge in [-0.1, -0.05) is 0 Å². The van der Waals surface area contributed by atoms with Gasteiger partial charge in [0.2, 0.25) is 0 Å². The van der Waals surface area contributed by atoms with Gasteiger partial charge < -0.3 is 10.0 Å². The number of likely N-dealkylation sites (tertiary alicyclic amines) is 1. The number of β-amino-alcohol motifs (C(OH)–C–C–N with tert-alkyl or cyclic N) is 1. The van der Waals surface area contributed by atoms with Gasteiger partial charge in [0.1, 0.15) is 5.82 Å². The molecule has 0 unspecified atom stereocenters. The highest BCUT2D eigenvalue weighted by Crippen LogP contribution is 2.35. The molecule has 1 fully saturated rings. The normalized spacial score (nSPS) is 17.1. The SMILES string of the molecule is Cn1cc2c3cc(C(=O)N4CC[C@H](O)C4)ccc3n(-c3ccc(C(F)(F)F)c(F)c3)c2n1. The largest absolute Gasteiger partial charge is 0.419 e. The van der Waals surface area contributed by atoms with Crippen molar-refractivity contribution >= 4 is 27.8 Å². The lowest BCUT2D eigenvalue weighted by molar-refractivity contribution is -0.140. The Bertz CT molecular complexity index is 1370. The van der Waals surface area contributed by atoms with Crippen LogP contribution in [0.25, 0.3) is 27.6 Å². The third-order valence-corrected chi connectivity index (χ3v) is 5.76. The van der Waals surface area contributed by atoms with E-state index in [-0.39, 0.29) is 18.1 Å². The van der Waals surface area contributed by atoms with E-state index in [1.54, 1.807) is 45.6 Å². The molecule has 1 aliphatic rings. The zero-order chi connectivity index (χ0) is 22.8. The molecular weight excluding hydrogens is 428 g/mol. The molecular formula is C22H18F4N4O2. The molecule has 1 atom stereocenters. The summed E-state index contributed by atoms with van der Waals surface area (Å²) in [6.45, 7) is 0.733. The van der Waals surface area contributed by atoms with Gasteiger partial charge in [-0.2, -0.15) is 18.3 Å². The number of nitrogens with zero attached hydrogens (tertiary/aromatic N) is 4. The van der Waals surface area contributed by atoms with Crippen LogP contribution in [0.2, 0.25) is 0 Å². The van der Waals surface area contributed by atoms with Crippen molar-refractivity contribution in [3.05, 3.63) is 59.5 Å². The Balaban J connectivity index is 1.67. The van der Waals surface area contributed by atoms with Crippen LogP contribution in [-0.4, -0.2) is 49.5 Å². The fraction of sp³-hybridized carbons (Fsp3) is 0.273. The average molecular weight is 446 g/mol. The number of fused-ring (bicyclic) bond motifs is 3. The lowest BCUT2D eigenvalue weighted by atomic mass is 10.1. The molecule has 1 aliphatic heterocycles. The van der Waals surface area contributed by atoms with Crippen LogP contribution in [0.3, 0.4) is 0 Å². The Morgan fingerprint density at radius 3 is 2.59 bits per heavy atom. The molecule has 0 spiro atoms. The summed E-state index contributed by atoms with van der Waals surface area (Å²) in [6, 6.07) is 7.73. The molecule has 3 heterocycles. The zero-order valence-corrected chi connectivity index (χ0v) is 16.9.